The van der Waals surface area contributed by atoms with Crippen molar-refractivity contribution in [1.82, 2.24) is 10.3 Å². The molecule has 3 atom stereocenters. The lowest BCUT2D eigenvalue weighted by atomic mass is 9.89. The van der Waals surface area contributed by atoms with Crippen LogP contribution in [0.4, 0.5) is 0 Å². The van der Waals surface area contributed by atoms with Gasteiger partial charge in [-0.2, -0.15) is 0 Å². The first-order chi connectivity index (χ1) is 7.83. The van der Waals surface area contributed by atoms with Gasteiger partial charge in [0.15, 0.2) is 0 Å². The molecule has 0 saturated carbocycles. The summed E-state index contributed by atoms with van der Waals surface area (Å²) in [6.07, 6.45) is 6.42. The molecule has 0 spiro atoms. The van der Waals surface area contributed by atoms with Gasteiger partial charge in [0.25, 0.3) is 0 Å². The highest BCUT2D eigenvalue weighted by Gasteiger charge is 2.29. The van der Waals surface area contributed by atoms with Crippen LogP contribution in [0.2, 0.25) is 0 Å². The number of hydrogen-bond acceptors (Lipinski definition) is 3. The van der Waals surface area contributed by atoms with Crippen LogP contribution in [-0.4, -0.2) is 30.8 Å². The van der Waals surface area contributed by atoms with E-state index in [1.54, 1.807) is 0 Å². The van der Waals surface area contributed by atoms with Crippen molar-refractivity contribution in [3.05, 3.63) is 30.1 Å². The van der Waals surface area contributed by atoms with Gasteiger partial charge in [0.05, 0.1) is 6.10 Å². The summed E-state index contributed by atoms with van der Waals surface area (Å²) in [7, 11) is 2.02. The Hall–Kier alpha value is -0.930. The summed E-state index contributed by atoms with van der Waals surface area (Å²) < 4.78 is 5.77. The molecular weight excluding hydrogens is 200 g/mol. The van der Waals surface area contributed by atoms with Crippen LogP contribution in [0, 0.1) is 0 Å². The maximum Gasteiger partial charge on any atom is 0.0734 e. The molecule has 3 nitrogen and oxygen atoms in total. The van der Waals surface area contributed by atoms with E-state index in [0.29, 0.717) is 18.1 Å². The largest absolute Gasteiger partial charge is 0.377 e. The fourth-order valence-corrected chi connectivity index (χ4v) is 2.52. The predicted octanol–water partition coefficient (Wildman–Crippen LogP) is 1.95. The van der Waals surface area contributed by atoms with Crippen LogP contribution in [0.15, 0.2) is 24.5 Å². The summed E-state index contributed by atoms with van der Waals surface area (Å²) in [5.74, 6) is 0.455. The normalized spacial score (nSPS) is 24.2. The maximum atomic E-state index is 5.77. The fourth-order valence-electron chi connectivity index (χ4n) is 2.52. The number of likely N-dealkylation sites (N-methyl/N-ethyl adjacent to an activating group) is 1. The van der Waals surface area contributed by atoms with E-state index in [2.05, 4.69) is 29.4 Å². The van der Waals surface area contributed by atoms with E-state index in [1.165, 1.54) is 18.4 Å². The lowest BCUT2D eigenvalue weighted by Crippen LogP contribution is -2.41. The summed E-state index contributed by atoms with van der Waals surface area (Å²) in [5.41, 5.74) is 1.32. The smallest absolute Gasteiger partial charge is 0.0734 e. The van der Waals surface area contributed by atoms with Crippen molar-refractivity contribution < 1.29 is 4.74 Å². The maximum absolute atomic E-state index is 5.77. The Morgan fingerprint density at radius 2 is 2.19 bits per heavy atom. The number of ether oxygens (including phenoxy) is 1. The zero-order chi connectivity index (χ0) is 11.4. The Morgan fingerprint density at radius 1 is 1.44 bits per heavy atom. The van der Waals surface area contributed by atoms with Gasteiger partial charge in [0.1, 0.15) is 0 Å². The monoisotopic (exact) mass is 220 g/mol. The van der Waals surface area contributed by atoms with Crippen molar-refractivity contribution in [2.75, 3.05) is 13.7 Å². The lowest BCUT2D eigenvalue weighted by Gasteiger charge is -2.28. The molecule has 0 amide bonds. The second kappa shape index (κ2) is 5.41. The number of aromatic nitrogens is 1. The number of rotatable bonds is 4. The average molecular weight is 220 g/mol. The van der Waals surface area contributed by atoms with Crippen LogP contribution in [0.5, 0.6) is 0 Å². The highest BCUT2D eigenvalue weighted by Crippen LogP contribution is 2.26. The second-order valence-electron chi connectivity index (χ2n) is 4.44. The van der Waals surface area contributed by atoms with Gasteiger partial charge in [0.2, 0.25) is 0 Å². The van der Waals surface area contributed by atoms with E-state index in [0.717, 1.165) is 6.61 Å². The van der Waals surface area contributed by atoms with Gasteiger partial charge >= 0.3 is 0 Å². The molecule has 1 aromatic heterocycles. The van der Waals surface area contributed by atoms with Gasteiger partial charge in [-0.1, -0.05) is 6.92 Å². The third-order valence-electron chi connectivity index (χ3n) is 3.47. The number of nitrogens with zero attached hydrogens (tertiary/aromatic N) is 1. The molecule has 1 aliphatic rings. The molecule has 0 bridgehead atoms. The van der Waals surface area contributed by atoms with E-state index >= 15 is 0 Å². The molecule has 1 saturated heterocycles. The molecule has 0 aliphatic carbocycles. The minimum absolute atomic E-state index is 0.355. The first-order valence-corrected chi connectivity index (χ1v) is 6.01. The van der Waals surface area contributed by atoms with Crippen molar-refractivity contribution in [1.29, 1.82) is 0 Å². The van der Waals surface area contributed by atoms with Crippen LogP contribution >= 0.6 is 0 Å². The van der Waals surface area contributed by atoms with Gasteiger partial charge < -0.3 is 10.1 Å². The Bertz CT molecular complexity index is 309. The van der Waals surface area contributed by atoms with Crippen molar-refractivity contribution >= 4 is 0 Å². The first kappa shape index (κ1) is 11.6. The summed E-state index contributed by atoms with van der Waals surface area (Å²) in [6.45, 7) is 3.16. The highest BCUT2D eigenvalue weighted by atomic mass is 16.5. The minimum Gasteiger partial charge on any atom is -0.377 e. The van der Waals surface area contributed by atoms with E-state index in [1.807, 2.05) is 19.4 Å². The lowest BCUT2D eigenvalue weighted by molar-refractivity contribution is 0.0737. The quantitative estimate of drug-likeness (QED) is 0.842. The molecule has 0 aromatic carbocycles. The van der Waals surface area contributed by atoms with Crippen LogP contribution in [0.3, 0.4) is 0 Å². The Morgan fingerprint density at radius 3 is 2.75 bits per heavy atom. The van der Waals surface area contributed by atoms with Gasteiger partial charge in [-0.15, -0.1) is 0 Å². The molecule has 2 heterocycles. The number of nitrogens with one attached hydrogen (secondary N) is 1. The van der Waals surface area contributed by atoms with Gasteiger partial charge in [-0.05, 0) is 43.5 Å². The van der Waals surface area contributed by atoms with Crippen molar-refractivity contribution in [2.24, 2.45) is 0 Å². The fraction of sp³-hybridized carbons (Fsp3) is 0.615. The summed E-state index contributed by atoms with van der Waals surface area (Å²) in [6, 6.07) is 4.57. The van der Waals surface area contributed by atoms with Gasteiger partial charge in [-0.3, -0.25) is 4.98 Å². The molecule has 88 valence electrons. The highest BCUT2D eigenvalue weighted by molar-refractivity contribution is 5.18. The van der Waals surface area contributed by atoms with Crippen LogP contribution in [0.1, 0.15) is 31.2 Å². The molecule has 1 aromatic rings. The Labute approximate surface area is 97.2 Å². The zero-order valence-electron chi connectivity index (χ0n) is 10.0. The van der Waals surface area contributed by atoms with Crippen LogP contribution < -0.4 is 5.32 Å². The third kappa shape index (κ3) is 2.42. The topological polar surface area (TPSA) is 34.1 Å². The molecule has 1 N–H and O–H groups in total. The number of pyridine rings is 1. The SMILES string of the molecule is CNC(C1CCCO1)C(C)c1ccncc1. The third-order valence-corrected chi connectivity index (χ3v) is 3.47. The zero-order valence-corrected chi connectivity index (χ0v) is 10.0. The molecule has 3 heteroatoms. The molecule has 0 radical (unpaired) electrons. The molecule has 3 unspecified atom stereocenters. The van der Waals surface area contributed by atoms with Crippen LogP contribution in [0.25, 0.3) is 0 Å². The Balaban J connectivity index is 2.08. The van der Waals surface area contributed by atoms with Crippen molar-refractivity contribution in [3.8, 4) is 0 Å². The van der Waals surface area contributed by atoms with E-state index in [-0.39, 0.29) is 0 Å². The Kier molecular flexibility index (Phi) is 3.91. The van der Waals surface area contributed by atoms with Crippen LogP contribution in [-0.2, 0) is 4.74 Å². The molecule has 1 aliphatic heterocycles. The van der Waals surface area contributed by atoms with Gasteiger partial charge in [0, 0.05) is 25.0 Å². The van der Waals surface area contributed by atoms with E-state index < -0.39 is 0 Å². The molecule has 2 rings (SSSR count). The summed E-state index contributed by atoms with van der Waals surface area (Å²) in [5, 5.41) is 3.40. The number of hydrogen-bond donors (Lipinski definition) is 1. The molecule has 16 heavy (non-hydrogen) atoms. The van der Waals surface area contributed by atoms with Gasteiger partial charge in [-0.25, -0.2) is 0 Å². The summed E-state index contributed by atoms with van der Waals surface area (Å²) >= 11 is 0. The average Bonchev–Trinajstić information content (AvgIpc) is 2.85. The first-order valence-electron chi connectivity index (χ1n) is 6.01. The minimum atomic E-state index is 0.355. The van der Waals surface area contributed by atoms with Crippen molar-refractivity contribution in [3.63, 3.8) is 0 Å². The molecule has 1 fully saturated rings. The predicted molar refractivity (Wildman–Crippen MR) is 64.5 cm³/mol. The van der Waals surface area contributed by atoms with Crippen molar-refractivity contribution in [2.45, 2.75) is 37.8 Å². The second-order valence-corrected chi connectivity index (χ2v) is 4.44. The summed E-state index contributed by atoms with van der Waals surface area (Å²) in [4.78, 5) is 4.06. The standard InChI is InChI=1S/C13H20N2O/c1-10(11-5-7-15-8-6-11)13(14-2)12-4-3-9-16-12/h5-8,10,12-14H,3-4,9H2,1-2H3. The molecular formula is C13H20N2O. The van der Waals surface area contributed by atoms with E-state index in [4.69, 9.17) is 4.74 Å². The van der Waals surface area contributed by atoms with E-state index in [9.17, 15) is 0 Å².